The number of benzene rings is 2. The van der Waals surface area contributed by atoms with Crippen LogP contribution in [-0.2, 0) is 35.8 Å². The number of nitrogens with zero attached hydrogens (tertiary/aromatic N) is 14. The minimum atomic E-state index is -4.94. The molecule has 4 N–H and O–H groups in total. The molecule has 0 radical (unpaired) electrons. The highest BCUT2D eigenvalue weighted by atomic mass is 35.5. The molecule has 432 valence electrons. The standard InChI is InChI=1S/2C24H21Cl2F4N9O2/c2*25-14-5-3-13(4-6-14)20-36-38(11-19-33-12-39(35-19)21-16(26)2-1-7-31-21)23(41)37(20)10-18(24(28,29)30)34-22(40)17-8-15(27)9-32-17/h2*1-7,12,15,17-18,32H,8-11H2,(H,34,40)/t15-,17?,18?;15-,17+,18?/m01/s1. The number of halogens is 12. The lowest BCUT2D eigenvalue weighted by atomic mass is 10.1. The van der Waals surface area contributed by atoms with Crippen molar-refractivity contribution in [1.82, 2.24) is 89.5 Å². The second-order valence-electron chi connectivity index (χ2n) is 18.4. The average molecular weight is 1230 g/mol. The van der Waals surface area contributed by atoms with Crippen molar-refractivity contribution >= 4 is 58.2 Å². The molecule has 0 bridgehead atoms. The maximum Gasteiger partial charge on any atom is 0.410 e. The summed E-state index contributed by atoms with van der Waals surface area (Å²) in [5, 5.41) is 27.2. The summed E-state index contributed by atoms with van der Waals surface area (Å²) >= 11 is 24.2. The minimum absolute atomic E-state index is 0.106. The quantitative estimate of drug-likeness (QED) is 0.0863. The maximum atomic E-state index is 14.1. The Kier molecular flexibility index (Phi) is 17.9. The van der Waals surface area contributed by atoms with Crippen molar-refractivity contribution in [3.8, 4) is 34.4 Å². The first kappa shape index (κ1) is 59.0. The highest BCUT2D eigenvalue weighted by Crippen LogP contribution is 2.28. The summed E-state index contributed by atoms with van der Waals surface area (Å²) in [4.78, 5) is 68.4. The minimum Gasteiger partial charge on any atom is -0.342 e. The first-order valence-corrected chi connectivity index (χ1v) is 25.9. The summed E-state index contributed by atoms with van der Waals surface area (Å²) in [6.07, 6.45) is -7.45. The fourth-order valence-electron chi connectivity index (χ4n) is 8.50. The molecular formula is C48H42Cl4F8N18O4. The Morgan fingerprint density at radius 2 is 0.951 bits per heavy atom. The second-order valence-corrected chi connectivity index (χ2v) is 20.1. The van der Waals surface area contributed by atoms with Gasteiger partial charge in [0.1, 0.15) is 50.2 Å². The van der Waals surface area contributed by atoms with Crippen molar-refractivity contribution in [2.75, 3.05) is 13.1 Å². The molecule has 10 rings (SSSR count). The zero-order valence-corrected chi connectivity index (χ0v) is 44.8. The van der Waals surface area contributed by atoms with Gasteiger partial charge in [-0.25, -0.2) is 57.0 Å². The van der Waals surface area contributed by atoms with E-state index in [1.54, 1.807) is 24.3 Å². The molecule has 6 aromatic heterocycles. The van der Waals surface area contributed by atoms with Gasteiger partial charge in [-0.05, 0) is 72.8 Å². The van der Waals surface area contributed by atoms with E-state index in [0.717, 1.165) is 18.5 Å². The number of amides is 2. The van der Waals surface area contributed by atoms with Gasteiger partial charge in [-0.2, -0.15) is 26.3 Å². The van der Waals surface area contributed by atoms with E-state index in [1.807, 2.05) is 10.6 Å². The summed E-state index contributed by atoms with van der Waals surface area (Å²) in [6, 6.07) is 11.2. The molecule has 22 nitrogen and oxygen atoms in total. The van der Waals surface area contributed by atoms with Crippen LogP contribution in [0.4, 0.5) is 35.1 Å². The molecule has 82 heavy (non-hydrogen) atoms. The Balaban J connectivity index is 0.000000198. The molecule has 2 fully saturated rings. The number of hydrogen-bond donors (Lipinski definition) is 4. The molecule has 0 saturated carbocycles. The van der Waals surface area contributed by atoms with E-state index in [4.69, 9.17) is 46.4 Å². The third kappa shape index (κ3) is 14.0. The third-order valence-electron chi connectivity index (χ3n) is 12.6. The van der Waals surface area contributed by atoms with Crippen LogP contribution in [0.15, 0.2) is 107 Å². The number of carbonyl (C=O) groups is 2. The molecule has 2 amide bonds. The molecule has 2 aliphatic rings. The molecule has 0 spiro atoms. The lowest BCUT2D eigenvalue weighted by Crippen LogP contribution is -2.53. The van der Waals surface area contributed by atoms with Crippen LogP contribution in [0.5, 0.6) is 0 Å². The number of alkyl halides is 8. The van der Waals surface area contributed by atoms with E-state index in [9.17, 15) is 54.3 Å². The van der Waals surface area contributed by atoms with Gasteiger partial charge in [0.2, 0.25) is 11.8 Å². The first-order valence-electron chi connectivity index (χ1n) is 24.4. The van der Waals surface area contributed by atoms with Gasteiger partial charge >= 0.3 is 23.7 Å². The van der Waals surface area contributed by atoms with Gasteiger partial charge in [0, 0.05) is 59.5 Å². The van der Waals surface area contributed by atoms with Crippen molar-refractivity contribution in [3.05, 3.63) is 151 Å². The Morgan fingerprint density at radius 3 is 1.28 bits per heavy atom. The van der Waals surface area contributed by atoms with Crippen LogP contribution in [0.25, 0.3) is 34.4 Å². The number of rotatable bonds is 16. The van der Waals surface area contributed by atoms with Crippen molar-refractivity contribution < 1.29 is 44.7 Å². The molecule has 3 unspecified atom stereocenters. The predicted molar refractivity (Wildman–Crippen MR) is 279 cm³/mol. The largest absolute Gasteiger partial charge is 0.410 e. The van der Waals surface area contributed by atoms with Crippen LogP contribution in [0.1, 0.15) is 24.5 Å². The van der Waals surface area contributed by atoms with Gasteiger partial charge in [-0.1, -0.05) is 46.4 Å². The second kappa shape index (κ2) is 24.8. The van der Waals surface area contributed by atoms with E-state index in [-0.39, 0.29) is 74.0 Å². The fourth-order valence-corrected chi connectivity index (χ4v) is 9.17. The molecule has 2 aliphatic heterocycles. The number of aromatic nitrogens is 14. The Labute approximate surface area is 476 Å². The molecular weight excluding hydrogens is 1190 g/mol. The fraction of sp³-hybridized carbons (Fsp3) is 0.333. The van der Waals surface area contributed by atoms with Crippen molar-refractivity contribution in [2.45, 2.75) is 87.9 Å². The zero-order valence-electron chi connectivity index (χ0n) is 41.8. The van der Waals surface area contributed by atoms with Gasteiger partial charge in [-0.3, -0.25) is 18.7 Å². The van der Waals surface area contributed by atoms with Gasteiger partial charge in [0.15, 0.2) is 34.9 Å². The van der Waals surface area contributed by atoms with Crippen LogP contribution >= 0.6 is 46.4 Å². The molecule has 2 saturated heterocycles. The summed E-state index contributed by atoms with van der Waals surface area (Å²) < 4.78 is 118. The smallest absolute Gasteiger partial charge is 0.342 e. The molecule has 8 aromatic rings. The highest BCUT2D eigenvalue weighted by molar-refractivity contribution is 6.32. The normalized spacial score (nSPS) is 18.0. The van der Waals surface area contributed by atoms with Crippen molar-refractivity contribution in [1.29, 1.82) is 0 Å². The average Bonchev–Trinajstić information content (AvgIpc) is 4.21. The number of hydrogen-bond acceptors (Lipinski definition) is 14. The lowest BCUT2D eigenvalue weighted by molar-refractivity contribution is -0.165. The van der Waals surface area contributed by atoms with Crippen molar-refractivity contribution in [2.24, 2.45) is 0 Å². The monoisotopic (exact) mass is 1230 g/mol. The van der Waals surface area contributed by atoms with Crippen molar-refractivity contribution in [3.63, 3.8) is 0 Å². The van der Waals surface area contributed by atoms with Crippen LogP contribution < -0.4 is 32.6 Å². The van der Waals surface area contributed by atoms with Gasteiger partial charge in [-0.15, -0.1) is 20.4 Å². The van der Waals surface area contributed by atoms with Gasteiger partial charge < -0.3 is 21.3 Å². The number of nitrogens with one attached hydrogen (secondary N) is 4. The van der Waals surface area contributed by atoms with E-state index in [2.05, 4.69) is 51.0 Å². The molecule has 34 heteroatoms. The van der Waals surface area contributed by atoms with Crippen LogP contribution in [0.3, 0.4) is 0 Å². The summed E-state index contributed by atoms with van der Waals surface area (Å²) in [6.45, 7) is -2.86. The van der Waals surface area contributed by atoms with E-state index in [0.29, 0.717) is 31.2 Å². The van der Waals surface area contributed by atoms with Crippen LogP contribution in [0, 0.1) is 0 Å². The maximum absolute atomic E-state index is 14.1. The number of carbonyl (C=O) groups excluding carboxylic acids is 2. The lowest BCUT2D eigenvalue weighted by Gasteiger charge is -2.24. The van der Waals surface area contributed by atoms with Crippen LogP contribution in [-0.4, -0.2) is 142 Å². The SMILES string of the molecule is O=C(NC(Cn1c(-c2ccc(Cl)cc2)nn(Cc2ncn(-c3ncccc3Cl)n2)c1=O)C(F)(F)F)C1C[C@H](F)CN1.O=C(NC(Cn1c(-c2ccc(Cl)cc2)nn(Cc2ncn(-c3ncccc3Cl)n2)c1=O)C(F)(F)F)[C@@H]1C[C@@H](F)CN1. The molecule has 0 aliphatic carbocycles. The van der Waals surface area contributed by atoms with Gasteiger partial charge in [0.25, 0.3) is 0 Å². The summed E-state index contributed by atoms with van der Waals surface area (Å²) in [5.41, 5.74) is -1.22. The zero-order chi connectivity index (χ0) is 58.6. The first-order chi connectivity index (χ1) is 39.0. The molecule has 8 heterocycles. The third-order valence-corrected chi connectivity index (χ3v) is 13.7. The summed E-state index contributed by atoms with van der Waals surface area (Å²) in [7, 11) is 0. The van der Waals surface area contributed by atoms with Gasteiger partial charge in [0.05, 0.1) is 35.2 Å². The van der Waals surface area contributed by atoms with E-state index < -0.39 is 85.1 Å². The Bertz CT molecular complexity index is 3440. The summed E-state index contributed by atoms with van der Waals surface area (Å²) in [5.74, 6) is -1.48. The topological polar surface area (TPSA) is 249 Å². The highest BCUT2D eigenvalue weighted by Gasteiger charge is 2.45. The van der Waals surface area contributed by atoms with E-state index in [1.165, 1.54) is 82.9 Å². The predicted octanol–water partition coefficient (Wildman–Crippen LogP) is 5.58. The Morgan fingerprint density at radius 1 is 0.573 bits per heavy atom. The molecule has 6 atom stereocenters. The number of pyridine rings is 2. The molecule has 2 aromatic carbocycles. The Hall–Kier alpha value is -7.64. The van der Waals surface area contributed by atoms with Crippen LogP contribution in [0.2, 0.25) is 20.1 Å². The van der Waals surface area contributed by atoms with E-state index >= 15 is 0 Å².